The number of aromatic nitrogens is 2. The van der Waals surface area contributed by atoms with Crippen LogP contribution in [0.3, 0.4) is 0 Å². The summed E-state index contributed by atoms with van der Waals surface area (Å²) in [5, 5.41) is 0. The van der Waals surface area contributed by atoms with Gasteiger partial charge in [0, 0.05) is 6.54 Å². The largest absolute Gasteiger partial charge is 0.384 e. The second-order valence-electron chi connectivity index (χ2n) is 4.55. The fraction of sp³-hybridized carbons (Fsp3) is 0.643. The van der Waals surface area contributed by atoms with Crippen LogP contribution in [0.5, 0.6) is 0 Å². The Hall–Kier alpha value is -1.25. The minimum absolute atomic E-state index is 0.750. The summed E-state index contributed by atoms with van der Waals surface area (Å²) in [7, 11) is 0. The van der Waals surface area contributed by atoms with E-state index in [1.54, 1.807) is 0 Å². The summed E-state index contributed by atoms with van der Waals surface area (Å²) in [5.41, 5.74) is 7.14. The summed E-state index contributed by atoms with van der Waals surface area (Å²) < 4.78 is 2.02. The van der Waals surface area contributed by atoms with E-state index in [4.69, 9.17) is 5.73 Å². The number of unbranched alkanes of at least 4 members (excludes halogenated alkanes) is 4. The first-order valence-corrected chi connectivity index (χ1v) is 6.63. The van der Waals surface area contributed by atoms with Crippen LogP contribution in [0.2, 0.25) is 0 Å². The standard InChI is InChI=1S/C14H25N3/c1-4-6-7-8-9-10-13-14(15)17(11-5-2)12(3)16-13/h5H,2,4,6-11,15H2,1,3H3. The van der Waals surface area contributed by atoms with E-state index >= 15 is 0 Å². The average molecular weight is 235 g/mol. The zero-order valence-corrected chi connectivity index (χ0v) is 11.2. The quantitative estimate of drug-likeness (QED) is 0.554. The van der Waals surface area contributed by atoms with Crippen molar-refractivity contribution in [1.29, 1.82) is 0 Å². The van der Waals surface area contributed by atoms with Crippen LogP contribution in [0.15, 0.2) is 12.7 Å². The highest BCUT2D eigenvalue weighted by Gasteiger charge is 2.09. The van der Waals surface area contributed by atoms with Gasteiger partial charge in [-0.1, -0.05) is 38.7 Å². The third-order valence-electron chi connectivity index (χ3n) is 3.10. The normalized spacial score (nSPS) is 10.7. The molecule has 1 aromatic heterocycles. The Kier molecular flexibility index (Phi) is 5.81. The number of nitrogens with zero attached hydrogens (tertiary/aromatic N) is 2. The molecule has 96 valence electrons. The number of rotatable bonds is 8. The molecule has 0 saturated heterocycles. The second-order valence-corrected chi connectivity index (χ2v) is 4.55. The van der Waals surface area contributed by atoms with Gasteiger partial charge in [-0.2, -0.15) is 0 Å². The highest BCUT2D eigenvalue weighted by atomic mass is 15.1. The Bertz CT molecular complexity index is 353. The molecule has 1 rings (SSSR count). The third-order valence-corrected chi connectivity index (χ3v) is 3.10. The molecule has 0 unspecified atom stereocenters. The molecule has 0 aliphatic carbocycles. The highest BCUT2D eigenvalue weighted by Crippen LogP contribution is 2.17. The number of hydrogen-bond acceptors (Lipinski definition) is 2. The molecular formula is C14H25N3. The summed E-state index contributed by atoms with van der Waals surface area (Å²) in [4.78, 5) is 4.54. The summed E-state index contributed by atoms with van der Waals surface area (Å²) in [6.45, 7) is 8.72. The van der Waals surface area contributed by atoms with Gasteiger partial charge in [0.25, 0.3) is 0 Å². The van der Waals surface area contributed by atoms with Crippen LogP contribution < -0.4 is 5.73 Å². The van der Waals surface area contributed by atoms with Crippen LogP contribution in [0.25, 0.3) is 0 Å². The van der Waals surface area contributed by atoms with E-state index in [-0.39, 0.29) is 0 Å². The van der Waals surface area contributed by atoms with Crippen LogP contribution in [0, 0.1) is 6.92 Å². The molecule has 17 heavy (non-hydrogen) atoms. The molecule has 0 aromatic carbocycles. The molecule has 0 spiro atoms. The Morgan fingerprint density at radius 1 is 1.29 bits per heavy atom. The van der Waals surface area contributed by atoms with Crippen molar-refractivity contribution in [1.82, 2.24) is 9.55 Å². The number of imidazole rings is 1. The van der Waals surface area contributed by atoms with Crippen molar-refractivity contribution in [3.05, 3.63) is 24.2 Å². The van der Waals surface area contributed by atoms with Crippen molar-refractivity contribution in [2.24, 2.45) is 0 Å². The minimum Gasteiger partial charge on any atom is -0.384 e. The van der Waals surface area contributed by atoms with Gasteiger partial charge in [0.05, 0.1) is 5.69 Å². The van der Waals surface area contributed by atoms with Crippen molar-refractivity contribution < 1.29 is 0 Å². The zero-order chi connectivity index (χ0) is 12.7. The van der Waals surface area contributed by atoms with Crippen LogP contribution in [0.4, 0.5) is 5.82 Å². The Labute approximate surface area is 105 Å². The summed E-state index contributed by atoms with van der Waals surface area (Å²) >= 11 is 0. The summed E-state index contributed by atoms with van der Waals surface area (Å²) in [6, 6.07) is 0. The van der Waals surface area contributed by atoms with Crippen molar-refractivity contribution in [2.75, 3.05) is 5.73 Å². The first kappa shape index (κ1) is 13.8. The van der Waals surface area contributed by atoms with Gasteiger partial charge in [-0.15, -0.1) is 6.58 Å². The van der Waals surface area contributed by atoms with Gasteiger partial charge in [0.2, 0.25) is 0 Å². The van der Waals surface area contributed by atoms with Gasteiger partial charge >= 0.3 is 0 Å². The van der Waals surface area contributed by atoms with Crippen LogP contribution in [-0.4, -0.2) is 9.55 Å². The molecule has 1 aromatic rings. The van der Waals surface area contributed by atoms with Gasteiger partial charge in [-0.25, -0.2) is 4.98 Å². The number of nitrogens with two attached hydrogens (primary N) is 1. The van der Waals surface area contributed by atoms with Crippen LogP contribution >= 0.6 is 0 Å². The molecule has 0 aliphatic rings. The lowest BCUT2D eigenvalue weighted by atomic mass is 10.1. The lowest BCUT2D eigenvalue weighted by Crippen LogP contribution is -2.04. The first-order chi connectivity index (χ1) is 8.20. The van der Waals surface area contributed by atoms with Gasteiger partial charge in [-0.05, 0) is 19.8 Å². The van der Waals surface area contributed by atoms with Crippen LogP contribution in [0.1, 0.15) is 50.5 Å². The predicted molar refractivity (Wildman–Crippen MR) is 74.0 cm³/mol. The molecule has 0 bridgehead atoms. The van der Waals surface area contributed by atoms with E-state index in [0.29, 0.717) is 0 Å². The fourth-order valence-electron chi connectivity index (χ4n) is 2.08. The summed E-state index contributed by atoms with van der Waals surface area (Å²) in [6.07, 6.45) is 9.27. The van der Waals surface area contributed by atoms with Crippen LogP contribution in [-0.2, 0) is 13.0 Å². The zero-order valence-electron chi connectivity index (χ0n) is 11.2. The monoisotopic (exact) mass is 235 g/mol. The van der Waals surface area contributed by atoms with Crippen molar-refractivity contribution in [3.8, 4) is 0 Å². The lowest BCUT2D eigenvalue weighted by Gasteiger charge is -2.04. The molecular weight excluding hydrogens is 210 g/mol. The van der Waals surface area contributed by atoms with Gasteiger partial charge < -0.3 is 10.3 Å². The van der Waals surface area contributed by atoms with Crippen molar-refractivity contribution in [3.63, 3.8) is 0 Å². The maximum atomic E-state index is 6.08. The number of allylic oxidation sites excluding steroid dienone is 1. The SMILES string of the molecule is C=CCn1c(C)nc(CCCCCCC)c1N. The second kappa shape index (κ2) is 7.15. The van der Waals surface area contributed by atoms with Gasteiger partial charge in [0.1, 0.15) is 11.6 Å². The maximum Gasteiger partial charge on any atom is 0.127 e. The van der Waals surface area contributed by atoms with Crippen molar-refractivity contribution >= 4 is 5.82 Å². The first-order valence-electron chi connectivity index (χ1n) is 6.63. The lowest BCUT2D eigenvalue weighted by molar-refractivity contribution is 0.629. The Balaban J connectivity index is 2.48. The molecule has 0 fully saturated rings. The molecule has 3 nitrogen and oxygen atoms in total. The predicted octanol–water partition coefficient (Wildman–Crippen LogP) is 3.47. The van der Waals surface area contributed by atoms with E-state index in [1.807, 2.05) is 17.6 Å². The van der Waals surface area contributed by atoms with E-state index in [9.17, 15) is 0 Å². The number of hydrogen-bond donors (Lipinski definition) is 1. The summed E-state index contributed by atoms with van der Waals surface area (Å²) in [5.74, 6) is 1.81. The number of nitrogen functional groups attached to an aromatic ring is 1. The molecule has 0 aliphatic heterocycles. The van der Waals surface area contributed by atoms with Gasteiger partial charge in [-0.3, -0.25) is 0 Å². The molecule has 1 heterocycles. The van der Waals surface area contributed by atoms with Gasteiger partial charge in [0.15, 0.2) is 0 Å². The Morgan fingerprint density at radius 2 is 2.00 bits per heavy atom. The molecule has 0 saturated carbocycles. The molecule has 3 heteroatoms. The number of aryl methyl sites for hydroxylation is 2. The molecule has 0 atom stereocenters. The minimum atomic E-state index is 0.750. The molecule has 0 radical (unpaired) electrons. The Morgan fingerprint density at radius 3 is 2.65 bits per heavy atom. The maximum absolute atomic E-state index is 6.08. The molecule has 0 amide bonds. The molecule has 2 N–H and O–H groups in total. The fourth-order valence-corrected chi connectivity index (χ4v) is 2.08. The smallest absolute Gasteiger partial charge is 0.127 e. The average Bonchev–Trinajstić information content (AvgIpc) is 2.57. The van der Waals surface area contributed by atoms with E-state index in [1.165, 1.54) is 32.1 Å². The third kappa shape index (κ3) is 3.91. The van der Waals surface area contributed by atoms with E-state index < -0.39 is 0 Å². The highest BCUT2D eigenvalue weighted by molar-refractivity contribution is 5.38. The van der Waals surface area contributed by atoms with Crippen molar-refractivity contribution in [2.45, 2.75) is 58.9 Å². The van der Waals surface area contributed by atoms with E-state index in [2.05, 4.69) is 18.5 Å². The topological polar surface area (TPSA) is 43.8 Å². The number of anilines is 1. The van der Waals surface area contributed by atoms with E-state index in [0.717, 1.165) is 30.3 Å².